The van der Waals surface area contributed by atoms with Crippen LogP contribution in [0.15, 0.2) is 16.3 Å². The number of carbonyl (C=O) groups is 1. The van der Waals surface area contributed by atoms with Gasteiger partial charge in [-0.25, -0.2) is 17.9 Å². The summed E-state index contributed by atoms with van der Waals surface area (Å²) in [6.45, 7) is 1.62. The fourth-order valence-electron chi connectivity index (χ4n) is 1.14. The number of aromatic amines is 1. The van der Waals surface area contributed by atoms with Gasteiger partial charge in [0.1, 0.15) is 10.7 Å². The molecule has 0 saturated carbocycles. The molecule has 0 saturated heterocycles. The molecule has 0 aliphatic heterocycles. The number of carboxylic acid groups (broad SMARTS) is 1. The van der Waals surface area contributed by atoms with Crippen molar-refractivity contribution in [3.63, 3.8) is 0 Å². The molecule has 0 amide bonds. The second-order valence-corrected chi connectivity index (χ2v) is 5.90. The highest BCUT2D eigenvalue weighted by Gasteiger charge is 2.20. The van der Waals surface area contributed by atoms with Crippen LogP contribution in [-0.2, 0) is 10.0 Å². The Balaban J connectivity index is 2.27. The molecule has 0 aromatic carbocycles. The van der Waals surface area contributed by atoms with Crippen LogP contribution in [0.3, 0.4) is 0 Å². The molecule has 8 nitrogen and oxygen atoms in total. The fraction of sp³-hybridized carbons (Fsp3) is 0.125. The van der Waals surface area contributed by atoms with Gasteiger partial charge in [-0.3, -0.25) is 5.10 Å². The van der Waals surface area contributed by atoms with Crippen molar-refractivity contribution in [2.75, 3.05) is 4.72 Å². The van der Waals surface area contributed by atoms with Gasteiger partial charge in [0.05, 0.1) is 4.90 Å². The van der Waals surface area contributed by atoms with E-state index in [1.165, 1.54) is 5.38 Å². The molecule has 96 valence electrons. The standard InChI is InChI=1S/C8H8N4O4S2/c1-4-9-8(11-10-4)12-18(15,16)5-2-6(7(13)14)17-3-5/h2-3H,1H3,(H,13,14)(H2,9,10,11,12). The van der Waals surface area contributed by atoms with Gasteiger partial charge in [0, 0.05) is 5.38 Å². The molecule has 0 spiro atoms. The monoisotopic (exact) mass is 288 g/mol. The number of aryl methyl sites for hydroxylation is 1. The van der Waals surface area contributed by atoms with Gasteiger partial charge in [0.15, 0.2) is 0 Å². The number of hydrogen-bond acceptors (Lipinski definition) is 6. The summed E-state index contributed by atoms with van der Waals surface area (Å²) in [5.74, 6) is -0.796. The van der Waals surface area contributed by atoms with Crippen LogP contribution in [0.4, 0.5) is 5.95 Å². The lowest BCUT2D eigenvalue weighted by Gasteiger charge is -2.00. The number of hydrogen-bond donors (Lipinski definition) is 3. The summed E-state index contributed by atoms with van der Waals surface area (Å²) in [7, 11) is -3.86. The average molecular weight is 288 g/mol. The number of thiophene rings is 1. The smallest absolute Gasteiger partial charge is 0.345 e. The van der Waals surface area contributed by atoms with E-state index in [-0.39, 0.29) is 15.7 Å². The number of sulfonamides is 1. The summed E-state index contributed by atoms with van der Waals surface area (Å²) >= 11 is 0.833. The van der Waals surface area contributed by atoms with Crippen molar-refractivity contribution in [1.82, 2.24) is 15.2 Å². The third-order valence-electron chi connectivity index (χ3n) is 1.92. The van der Waals surface area contributed by atoms with E-state index in [1.807, 2.05) is 0 Å². The number of nitrogens with one attached hydrogen (secondary N) is 2. The van der Waals surface area contributed by atoms with E-state index in [4.69, 9.17) is 5.11 Å². The maximum Gasteiger partial charge on any atom is 0.345 e. The van der Waals surface area contributed by atoms with Crippen LogP contribution in [0, 0.1) is 6.92 Å². The Morgan fingerprint density at radius 1 is 1.56 bits per heavy atom. The number of H-pyrrole nitrogens is 1. The van der Waals surface area contributed by atoms with Crippen molar-refractivity contribution in [2.24, 2.45) is 0 Å². The minimum atomic E-state index is -3.86. The Hall–Kier alpha value is -1.94. The van der Waals surface area contributed by atoms with E-state index in [0.29, 0.717) is 5.82 Å². The van der Waals surface area contributed by atoms with Gasteiger partial charge in [-0.15, -0.1) is 16.4 Å². The van der Waals surface area contributed by atoms with Gasteiger partial charge < -0.3 is 5.11 Å². The van der Waals surface area contributed by atoms with Crippen LogP contribution < -0.4 is 4.72 Å². The first-order valence-electron chi connectivity index (χ1n) is 4.62. The summed E-state index contributed by atoms with van der Waals surface area (Å²) in [6, 6.07) is 1.08. The van der Waals surface area contributed by atoms with Crippen molar-refractivity contribution in [3.8, 4) is 0 Å². The van der Waals surface area contributed by atoms with Crippen molar-refractivity contribution < 1.29 is 18.3 Å². The predicted octanol–water partition coefficient (Wildman–Crippen LogP) is 0.674. The normalized spacial score (nSPS) is 11.4. The molecule has 0 fully saturated rings. The van der Waals surface area contributed by atoms with Crippen LogP contribution in [0.2, 0.25) is 0 Å². The van der Waals surface area contributed by atoms with Crippen LogP contribution in [-0.4, -0.2) is 34.7 Å². The maximum atomic E-state index is 11.9. The number of carboxylic acids is 1. The van der Waals surface area contributed by atoms with E-state index >= 15 is 0 Å². The highest BCUT2D eigenvalue weighted by molar-refractivity contribution is 7.92. The van der Waals surface area contributed by atoms with Gasteiger partial charge in [-0.05, 0) is 13.0 Å². The van der Waals surface area contributed by atoms with Crippen molar-refractivity contribution >= 4 is 33.3 Å². The predicted molar refractivity (Wildman–Crippen MR) is 63.2 cm³/mol. The summed E-state index contributed by atoms with van der Waals surface area (Å²) in [6.07, 6.45) is 0. The lowest BCUT2D eigenvalue weighted by atomic mass is 10.5. The summed E-state index contributed by atoms with van der Waals surface area (Å²) in [5.41, 5.74) is 0. The highest BCUT2D eigenvalue weighted by atomic mass is 32.2. The van der Waals surface area contributed by atoms with Gasteiger partial charge in [-0.1, -0.05) is 0 Å². The van der Waals surface area contributed by atoms with Gasteiger partial charge in [0.25, 0.3) is 16.0 Å². The summed E-state index contributed by atoms with van der Waals surface area (Å²) < 4.78 is 25.9. The quantitative estimate of drug-likeness (QED) is 0.759. The molecule has 0 aliphatic carbocycles. The van der Waals surface area contributed by atoms with Crippen LogP contribution in [0.5, 0.6) is 0 Å². The van der Waals surface area contributed by atoms with E-state index < -0.39 is 16.0 Å². The van der Waals surface area contributed by atoms with E-state index in [9.17, 15) is 13.2 Å². The first kappa shape index (κ1) is 12.5. The molecule has 18 heavy (non-hydrogen) atoms. The molecule has 0 bridgehead atoms. The van der Waals surface area contributed by atoms with Crippen molar-refractivity contribution in [1.29, 1.82) is 0 Å². The minimum absolute atomic E-state index is 0.0541. The number of aromatic carboxylic acids is 1. The largest absolute Gasteiger partial charge is 0.477 e. The molecule has 0 aliphatic rings. The third kappa shape index (κ3) is 2.49. The molecule has 2 aromatic rings. The van der Waals surface area contributed by atoms with Gasteiger partial charge >= 0.3 is 5.97 Å². The second kappa shape index (κ2) is 4.38. The van der Waals surface area contributed by atoms with Crippen molar-refractivity contribution in [2.45, 2.75) is 11.8 Å². The molecule has 2 rings (SSSR count). The van der Waals surface area contributed by atoms with Gasteiger partial charge in [-0.2, -0.15) is 4.98 Å². The fourth-order valence-corrected chi connectivity index (χ4v) is 3.19. The first-order chi connectivity index (χ1) is 8.38. The first-order valence-corrected chi connectivity index (χ1v) is 6.98. The number of nitrogens with zero attached hydrogens (tertiary/aromatic N) is 2. The highest BCUT2D eigenvalue weighted by Crippen LogP contribution is 2.20. The minimum Gasteiger partial charge on any atom is -0.477 e. The molecule has 2 heterocycles. The third-order valence-corrected chi connectivity index (χ3v) is 4.29. The molecule has 3 N–H and O–H groups in total. The molecular weight excluding hydrogens is 280 g/mol. The zero-order valence-corrected chi connectivity index (χ0v) is 10.7. The number of anilines is 1. The van der Waals surface area contributed by atoms with Crippen LogP contribution in [0.25, 0.3) is 0 Å². The molecular formula is C8H8N4O4S2. The Kier molecular flexibility index (Phi) is 3.05. The molecule has 10 heteroatoms. The molecule has 0 unspecified atom stereocenters. The zero-order chi connectivity index (χ0) is 13.3. The summed E-state index contributed by atoms with van der Waals surface area (Å²) in [4.78, 5) is 14.3. The van der Waals surface area contributed by atoms with E-state index in [0.717, 1.165) is 17.4 Å². The SMILES string of the molecule is Cc1nc(NS(=O)(=O)c2csc(C(=O)O)c2)n[nH]1. The lowest BCUT2D eigenvalue weighted by molar-refractivity contribution is 0.0702. The second-order valence-electron chi connectivity index (χ2n) is 3.30. The topological polar surface area (TPSA) is 125 Å². The van der Waals surface area contributed by atoms with Crippen LogP contribution >= 0.6 is 11.3 Å². The lowest BCUT2D eigenvalue weighted by Crippen LogP contribution is -2.13. The Labute approximate surface area is 106 Å². The zero-order valence-electron chi connectivity index (χ0n) is 9.04. The molecule has 2 aromatic heterocycles. The molecule has 0 radical (unpaired) electrons. The van der Waals surface area contributed by atoms with Crippen LogP contribution in [0.1, 0.15) is 15.5 Å². The van der Waals surface area contributed by atoms with E-state index in [2.05, 4.69) is 19.9 Å². The Morgan fingerprint density at radius 2 is 2.28 bits per heavy atom. The average Bonchev–Trinajstić information content (AvgIpc) is 2.86. The van der Waals surface area contributed by atoms with E-state index in [1.54, 1.807) is 6.92 Å². The maximum absolute atomic E-state index is 11.9. The molecule has 0 atom stereocenters. The Bertz CT molecular complexity index is 688. The van der Waals surface area contributed by atoms with Gasteiger partial charge in [0.2, 0.25) is 0 Å². The number of aromatic nitrogens is 3. The van der Waals surface area contributed by atoms with Crippen molar-refractivity contribution in [3.05, 3.63) is 22.1 Å². The number of rotatable bonds is 4. The summed E-state index contributed by atoms with van der Waals surface area (Å²) in [5, 5.41) is 16.1. The Morgan fingerprint density at radius 3 is 2.78 bits per heavy atom.